The lowest BCUT2D eigenvalue weighted by atomic mass is 9.99. The van der Waals surface area contributed by atoms with Crippen molar-refractivity contribution in [2.45, 2.75) is 43.3 Å². The number of rotatable bonds is 5. The molecule has 2 atom stereocenters. The van der Waals surface area contributed by atoms with Gasteiger partial charge in [-0.1, -0.05) is 36.4 Å². The van der Waals surface area contributed by atoms with Crippen LogP contribution in [0.3, 0.4) is 0 Å². The smallest absolute Gasteiger partial charge is 0.241 e. The molecule has 8 heteroatoms. The number of hydrazine groups is 1. The molecule has 2 aromatic rings. The Morgan fingerprint density at radius 3 is 2.69 bits per heavy atom. The van der Waals surface area contributed by atoms with Crippen molar-refractivity contribution in [3.8, 4) is 0 Å². The van der Waals surface area contributed by atoms with E-state index < -0.39 is 10.0 Å². The molecule has 0 saturated carbocycles. The second-order valence-electron chi connectivity index (χ2n) is 7.61. The predicted molar refractivity (Wildman–Crippen MR) is 110 cm³/mol. The van der Waals surface area contributed by atoms with E-state index in [0.717, 1.165) is 36.1 Å². The van der Waals surface area contributed by atoms with Gasteiger partial charge < -0.3 is 4.90 Å². The van der Waals surface area contributed by atoms with Gasteiger partial charge in [0, 0.05) is 25.7 Å². The molecule has 1 saturated heterocycles. The Kier molecular flexibility index (Phi) is 5.69. The summed E-state index contributed by atoms with van der Waals surface area (Å²) in [6.07, 6.45) is 1.49. The van der Waals surface area contributed by atoms with Crippen LogP contribution in [-0.2, 0) is 27.8 Å². The molecule has 0 radical (unpaired) electrons. The molecule has 2 aliphatic rings. The van der Waals surface area contributed by atoms with Crippen LogP contribution in [0.4, 0.5) is 0 Å². The van der Waals surface area contributed by atoms with Crippen molar-refractivity contribution in [2.75, 3.05) is 13.1 Å². The summed E-state index contributed by atoms with van der Waals surface area (Å²) in [7, 11) is -3.67. The number of fused-ring (bicyclic) bond motifs is 1. The van der Waals surface area contributed by atoms with Gasteiger partial charge in [0.25, 0.3) is 0 Å². The van der Waals surface area contributed by atoms with Gasteiger partial charge in [-0.3, -0.25) is 10.2 Å². The van der Waals surface area contributed by atoms with Crippen LogP contribution in [0.25, 0.3) is 0 Å². The normalized spacial score (nSPS) is 20.3. The number of nitrogens with zero attached hydrogens (tertiary/aromatic N) is 1. The molecule has 0 aromatic heterocycles. The highest BCUT2D eigenvalue weighted by atomic mass is 32.2. The summed E-state index contributed by atoms with van der Waals surface area (Å²) in [4.78, 5) is 14.7. The largest absolute Gasteiger partial charge is 0.337 e. The van der Waals surface area contributed by atoms with E-state index in [2.05, 4.69) is 15.6 Å². The van der Waals surface area contributed by atoms with E-state index in [4.69, 9.17) is 0 Å². The van der Waals surface area contributed by atoms with Crippen LogP contribution in [0.15, 0.2) is 53.4 Å². The zero-order valence-electron chi connectivity index (χ0n) is 16.4. The summed E-state index contributed by atoms with van der Waals surface area (Å²) in [5.41, 5.74) is 8.89. The van der Waals surface area contributed by atoms with Gasteiger partial charge in [-0.25, -0.2) is 18.6 Å². The van der Waals surface area contributed by atoms with Crippen molar-refractivity contribution in [1.29, 1.82) is 0 Å². The van der Waals surface area contributed by atoms with Crippen molar-refractivity contribution in [1.82, 2.24) is 20.5 Å². The summed E-state index contributed by atoms with van der Waals surface area (Å²) >= 11 is 0. The Morgan fingerprint density at radius 2 is 1.97 bits per heavy atom. The quantitative estimate of drug-likeness (QED) is 0.690. The van der Waals surface area contributed by atoms with Crippen molar-refractivity contribution >= 4 is 15.9 Å². The molecule has 29 heavy (non-hydrogen) atoms. The van der Waals surface area contributed by atoms with Crippen molar-refractivity contribution in [3.63, 3.8) is 0 Å². The van der Waals surface area contributed by atoms with Crippen LogP contribution in [-0.4, -0.2) is 38.4 Å². The molecule has 0 spiro atoms. The molecular formula is C21H26N4O3S. The fourth-order valence-corrected chi connectivity index (χ4v) is 5.17. The summed E-state index contributed by atoms with van der Waals surface area (Å²) in [6.45, 7) is 3.69. The highest BCUT2D eigenvalue weighted by Gasteiger charge is 2.30. The maximum Gasteiger partial charge on any atom is 0.241 e. The minimum Gasteiger partial charge on any atom is -0.337 e. The molecule has 1 fully saturated rings. The highest BCUT2D eigenvalue weighted by molar-refractivity contribution is 7.89. The van der Waals surface area contributed by atoms with E-state index in [1.54, 1.807) is 12.1 Å². The first-order valence-corrected chi connectivity index (χ1v) is 11.4. The topological polar surface area (TPSA) is 90.5 Å². The van der Waals surface area contributed by atoms with Crippen LogP contribution < -0.4 is 15.6 Å². The zero-order chi connectivity index (χ0) is 20.4. The lowest BCUT2D eigenvalue weighted by Crippen LogP contribution is -2.47. The number of nitrogens with one attached hydrogen (secondary N) is 3. The Hall–Kier alpha value is -2.26. The van der Waals surface area contributed by atoms with Crippen LogP contribution in [0.2, 0.25) is 0 Å². The SMILES string of the molecule is CC(NS(=O)(=O)c1ccc2c(c1)CN(C(=O)C1CCNN1)CC2)c1ccccc1. The van der Waals surface area contributed by atoms with E-state index in [9.17, 15) is 13.2 Å². The molecule has 4 rings (SSSR count). The first-order valence-electron chi connectivity index (χ1n) is 9.90. The Labute approximate surface area is 171 Å². The standard InChI is InChI=1S/C21H26N4O3S/c1-15(16-5-3-2-4-6-16)24-29(27,28)19-8-7-17-10-12-25(14-18(17)13-19)21(26)20-9-11-22-23-20/h2-8,13,15,20,22-24H,9-12,14H2,1H3. The fourth-order valence-electron chi connectivity index (χ4n) is 3.89. The Morgan fingerprint density at radius 1 is 1.17 bits per heavy atom. The van der Waals surface area contributed by atoms with Crippen LogP contribution in [0, 0.1) is 0 Å². The number of benzene rings is 2. The number of hydrogen-bond donors (Lipinski definition) is 3. The maximum atomic E-state index is 12.9. The third kappa shape index (κ3) is 4.35. The first-order chi connectivity index (χ1) is 13.9. The molecule has 0 aliphatic carbocycles. The third-order valence-electron chi connectivity index (χ3n) is 5.58. The number of carbonyl (C=O) groups excluding carboxylic acids is 1. The average Bonchev–Trinajstić information content (AvgIpc) is 3.27. The van der Waals surface area contributed by atoms with Gasteiger partial charge in [-0.05, 0) is 48.6 Å². The lowest BCUT2D eigenvalue weighted by molar-refractivity contribution is -0.134. The Balaban J connectivity index is 1.51. The molecule has 2 aliphatic heterocycles. The van der Waals surface area contributed by atoms with Crippen LogP contribution in [0.1, 0.15) is 36.1 Å². The lowest BCUT2D eigenvalue weighted by Gasteiger charge is -2.31. The molecule has 7 nitrogen and oxygen atoms in total. The third-order valence-corrected chi connectivity index (χ3v) is 7.11. The minimum atomic E-state index is -3.67. The zero-order valence-corrected chi connectivity index (χ0v) is 17.2. The highest BCUT2D eigenvalue weighted by Crippen LogP contribution is 2.24. The second-order valence-corrected chi connectivity index (χ2v) is 9.32. The molecule has 0 bridgehead atoms. The molecule has 2 aromatic carbocycles. The van der Waals surface area contributed by atoms with E-state index >= 15 is 0 Å². The van der Waals surface area contributed by atoms with Gasteiger partial charge in [0.15, 0.2) is 0 Å². The molecule has 3 N–H and O–H groups in total. The van der Waals surface area contributed by atoms with E-state index in [0.29, 0.717) is 13.1 Å². The summed E-state index contributed by atoms with van der Waals surface area (Å²) < 4.78 is 28.6. The van der Waals surface area contributed by atoms with Gasteiger partial charge in [0.1, 0.15) is 6.04 Å². The van der Waals surface area contributed by atoms with E-state index in [1.807, 2.05) is 48.2 Å². The van der Waals surface area contributed by atoms with Gasteiger partial charge in [0.2, 0.25) is 15.9 Å². The number of sulfonamides is 1. The molecule has 154 valence electrons. The molecular weight excluding hydrogens is 388 g/mol. The van der Waals surface area contributed by atoms with E-state index in [1.165, 1.54) is 0 Å². The average molecular weight is 415 g/mol. The van der Waals surface area contributed by atoms with Crippen LogP contribution in [0.5, 0.6) is 0 Å². The second kappa shape index (κ2) is 8.23. The summed E-state index contributed by atoms with van der Waals surface area (Å²) in [5.74, 6) is 0.0599. The monoisotopic (exact) mass is 414 g/mol. The molecule has 2 unspecified atom stereocenters. The Bertz CT molecular complexity index is 988. The summed E-state index contributed by atoms with van der Waals surface area (Å²) in [6, 6.07) is 14.2. The minimum absolute atomic E-state index is 0.0599. The predicted octanol–water partition coefficient (Wildman–Crippen LogP) is 1.48. The maximum absolute atomic E-state index is 12.9. The number of carbonyl (C=O) groups is 1. The van der Waals surface area contributed by atoms with Gasteiger partial charge in [-0.2, -0.15) is 0 Å². The first kappa shape index (κ1) is 20.0. The van der Waals surface area contributed by atoms with Crippen molar-refractivity contribution in [3.05, 3.63) is 65.2 Å². The van der Waals surface area contributed by atoms with Gasteiger partial charge in [0.05, 0.1) is 4.90 Å². The number of amides is 1. The van der Waals surface area contributed by atoms with Gasteiger partial charge >= 0.3 is 0 Å². The van der Waals surface area contributed by atoms with E-state index in [-0.39, 0.29) is 22.9 Å². The summed E-state index contributed by atoms with van der Waals surface area (Å²) in [5, 5.41) is 0. The van der Waals surface area contributed by atoms with Crippen LogP contribution >= 0.6 is 0 Å². The van der Waals surface area contributed by atoms with Crippen molar-refractivity contribution < 1.29 is 13.2 Å². The van der Waals surface area contributed by atoms with Gasteiger partial charge in [-0.15, -0.1) is 0 Å². The molecule has 1 amide bonds. The fraction of sp³-hybridized carbons (Fsp3) is 0.381. The number of hydrogen-bond acceptors (Lipinski definition) is 5. The van der Waals surface area contributed by atoms with Crippen molar-refractivity contribution in [2.24, 2.45) is 0 Å². The molecule has 2 heterocycles.